The van der Waals surface area contributed by atoms with Gasteiger partial charge in [-0.05, 0) is 38.0 Å². The number of nitrogens with one attached hydrogen (secondary N) is 1. The first-order valence-electron chi connectivity index (χ1n) is 9.28. The van der Waals surface area contributed by atoms with Gasteiger partial charge in [0.15, 0.2) is 0 Å². The van der Waals surface area contributed by atoms with Crippen LogP contribution in [0.2, 0.25) is 0 Å². The number of hydrogen-bond acceptors (Lipinski definition) is 5. The second-order valence-electron chi connectivity index (χ2n) is 6.90. The smallest absolute Gasteiger partial charge is 0.268 e. The Morgan fingerprint density at radius 1 is 1.29 bits per heavy atom. The average molecular weight is 386 g/mol. The number of aromatic nitrogens is 3. The first kappa shape index (κ1) is 20.0. The van der Waals surface area contributed by atoms with Crippen molar-refractivity contribution in [3.63, 3.8) is 0 Å². The molecule has 0 radical (unpaired) electrons. The molecule has 8 heteroatoms. The van der Waals surface area contributed by atoms with Crippen LogP contribution in [0, 0.1) is 6.92 Å². The molecule has 0 fully saturated rings. The molecule has 1 amide bonds. The molecule has 1 N–H and O–H groups in total. The van der Waals surface area contributed by atoms with Gasteiger partial charge >= 0.3 is 0 Å². The maximum atomic E-state index is 13.0. The maximum Gasteiger partial charge on any atom is 0.268 e. The molecule has 8 nitrogen and oxygen atoms in total. The normalized spacial score (nSPS) is 12.6. The molecule has 3 heterocycles. The van der Waals surface area contributed by atoms with E-state index in [9.17, 15) is 9.59 Å². The second kappa shape index (κ2) is 8.53. The summed E-state index contributed by atoms with van der Waals surface area (Å²) >= 11 is 0. The van der Waals surface area contributed by atoms with Gasteiger partial charge in [0.1, 0.15) is 17.0 Å². The predicted octanol–water partition coefficient (Wildman–Crippen LogP) is 1.76. The average Bonchev–Trinajstić information content (AvgIpc) is 3.02. The highest BCUT2D eigenvalue weighted by atomic mass is 16.5. The van der Waals surface area contributed by atoms with Crippen LogP contribution >= 0.6 is 0 Å². The minimum atomic E-state index is -0.259. The Bertz CT molecular complexity index is 1050. The standard InChI is InChI=1S/C20H26N4O4/c1-13-7-5-8-24-17(13)22-18-15(20(24)26)11-16(23(18)9-6-10-27-3)19(25)21-14(2)12-28-4/h5,7-8,11,14H,6,9-10,12H2,1-4H3,(H,21,25)/t14-/m1/s1. The van der Waals surface area contributed by atoms with Gasteiger partial charge in [0.05, 0.1) is 12.0 Å². The molecule has 3 aromatic heterocycles. The minimum absolute atomic E-state index is 0.154. The van der Waals surface area contributed by atoms with Crippen LogP contribution in [0.5, 0.6) is 0 Å². The number of nitrogens with zero attached hydrogens (tertiary/aromatic N) is 3. The highest BCUT2D eigenvalue weighted by Crippen LogP contribution is 2.18. The first-order valence-corrected chi connectivity index (χ1v) is 9.28. The zero-order valence-electron chi connectivity index (χ0n) is 16.7. The number of carbonyl (C=O) groups is 1. The van der Waals surface area contributed by atoms with Gasteiger partial charge < -0.3 is 19.4 Å². The molecule has 0 aliphatic heterocycles. The number of rotatable bonds is 8. The Morgan fingerprint density at radius 2 is 2.07 bits per heavy atom. The van der Waals surface area contributed by atoms with E-state index in [1.54, 1.807) is 31.0 Å². The number of amides is 1. The van der Waals surface area contributed by atoms with Gasteiger partial charge in [-0.2, -0.15) is 0 Å². The highest BCUT2D eigenvalue weighted by Gasteiger charge is 2.21. The molecule has 0 unspecified atom stereocenters. The highest BCUT2D eigenvalue weighted by molar-refractivity contribution is 5.98. The van der Waals surface area contributed by atoms with Crippen molar-refractivity contribution in [2.45, 2.75) is 32.9 Å². The summed E-state index contributed by atoms with van der Waals surface area (Å²) in [6, 6.07) is 5.19. The van der Waals surface area contributed by atoms with E-state index >= 15 is 0 Å². The lowest BCUT2D eigenvalue weighted by atomic mass is 10.2. The Hall–Kier alpha value is -2.71. The molecule has 0 aliphatic rings. The van der Waals surface area contributed by atoms with Crippen LogP contribution in [0.3, 0.4) is 0 Å². The Balaban J connectivity index is 2.16. The summed E-state index contributed by atoms with van der Waals surface area (Å²) in [5.74, 6) is -0.259. The number of fused-ring (bicyclic) bond motifs is 2. The van der Waals surface area contributed by atoms with Crippen LogP contribution in [-0.2, 0) is 16.0 Å². The molecule has 28 heavy (non-hydrogen) atoms. The van der Waals surface area contributed by atoms with E-state index in [0.717, 1.165) is 5.56 Å². The van der Waals surface area contributed by atoms with E-state index in [4.69, 9.17) is 14.5 Å². The van der Waals surface area contributed by atoms with Crippen molar-refractivity contribution in [2.75, 3.05) is 27.4 Å². The van der Waals surface area contributed by atoms with Crippen molar-refractivity contribution in [1.29, 1.82) is 0 Å². The summed E-state index contributed by atoms with van der Waals surface area (Å²) in [5, 5.41) is 3.33. The summed E-state index contributed by atoms with van der Waals surface area (Å²) in [7, 11) is 3.22. The van der Waals surface area contributed by atoms with Gasteiger partial charge in [-0.1, -0.05) is 6.07 Å². The summed E-state index contributed by atoms with van der Waals surface area (Å²) < 4.78 is 13.6. The SMILES string of the molecule is COCCCn1c(C(=O)N[C@H](C)COC)cc2c(=O)n3cccc(C)c3nc21. The second-order valence-corrected chi connectivity index (χ2v) is 6.90. The fourth-order valence-electron chi connectivity index (χ4n) is 3.33. The summed E-state index contributed by atoms with van der Waals surface area (Å²) in [4.78, 5) is 30.6. The molecular weight excluding hydrogens is 360 g/mol. The monoisotopic (exact) mass is 386 g/mol. The number of pyridine rings is 1. The van der Waals surface area contributed by atoms with E-state index in [-0.39, 0.29) is 17.5 Å². The molecular formula is C20H26N4O4. The zero-order valence-corrected chi connectivity index (χ0v) is 16.7. The number of aryl methyl sites for hydroxylation is 2. The molecule has 0 aromatic carbocycles. The third-order valence-electron chi connectivity index (χ3n) is 4.65. The lowest BCUT2D eigenvalue weighted by Crippen LogP contribution is -2.36. The molecule has 1 atom stereocenters. The maximum absolute atomic E-state index is 13.0. The predicted molar refractivity (Wildman–Crippen MR) is 107 cm³/mol. The Labute approximate surface area is 163 Å². The number of hydrogen-bond donors (Lipinski definition) is 1. The number of methoxy groups -OCH3 is 2. The van der Waals surface area contributed by atoms with Crippen LogP contribution in [-0.4, -0.2) is 53.3 Å². The molecule has 0 saturated heterocycles. The molecule has 3 rings (SSSR count). The quantitative estimate of drug-likeness (QED) is 0.596. The van der Waals surface area contributed by atoms with Crippen LogP contribution in [0.4, 0.5) is 0 Å². The molecule has 0 saturated carbocycles. The molecule has 0 spiro atoms. The van der Waals surface area contributed by atoms with Crippen molar-refractivity contribution < 1.29 is 14.3 Å². The lowest BCUT2D eigenvalue weighted by Gasteiger charge is -2.14. The fourth-order valence-corrected chi connectivity index (χ4v) is 3.33. The van der Waals surface area contributed by atoms with Gasteiger partial charge in [0.25, 0.3) is 11.5 Å². The molecule has 0 bridgehead atoms. The largest absolute Gasteiger partial charge is 0.385 e. The summed E-state index contributed by atoms with van der Waals surface area (Å²) in [6.07, 6.45) is 2.39. The topological polar surface area (TPSA) is 86.9 Å². The van der Waals surface area contributed by atoms with E-state index in [2.05, 4.69) is 5.32 Å². The van der Waals surface area contributed by atoms with E-state index in [1.807, 2.05) is 26.0 Å². The van der Waals surface area contributed by atoms with Crippen LogP contribution in [0.25, 0.3) is 16.7 Å². The molecule has 0 aliphatic carbocycles. The first-order chi connectivity index (χ1) is 13.5. The van der Waals surface area contributed by atoms with Crippen LogP contribution in [0.1, 0.15) is 29.4 Å². The lowest BCUT2D eigenvalue weighted by molar-refractivity contribution is 0.0895. The minimum Gasteiger partial charge on any atom is -0.385 e. The molecule has 3 aromatic rings. The Morgan fingerprint density at radius 3 is 2.79 bits per heavy atom. The van der Waals surface area contributed by atoms with Crippen molar-refractivity contribution in [2.24, 2.45) is 0 Å². The zero-order chi connectivity index (χ0) is 20.3. The van der Waals surface area contributed by atoms with Gasteiger partial charge in [-0.3, -0.25) is 14.0 Å². The number of carbonyl (C=O) groups excluding carboxylic acids is 1. The fraction of sp³-hybridized carbons (Fsp3) is 0.450. The van der Waals surface area contributed by atoms with Crippen LogP contribution in [0.15, 0.2) is 29.2 Å². The summed E-state index contributed by atoms with van der Waals surface area (Å²) in [6.45, 7) is 5.25. The van der Waals surface area contributed by atoms with Crippen molar-refractivity contribution in [1.82, 2.24) is 19.3 Å². The molecule has 150 valence electrons. The third-order valence-corrected chi connectivity index (χ3v) is 4.65. The van der Waals surface area contributed by atoms with E-state index < -0.39 is 0 Å². The van der Waals surface area contributed by atoms with Crippen LogP contribution < -0.4 is 10.9 Å². The van der Waals surface area contributed by atoms with Crippen molar-refractivity contribution in [3.05, 3.63) is 46.0 Å². The van der Waals surface area contributed by atoms with Crippen molar-refractivity contribution >= 4 is 22.6 Å². The van der Waals surface area contributed by atoms with Crippen molar-refractivity contribution in [3.8, 4) is 0 Å². The summed E-state index contributed by atoms with van der Waals surface area (Å²) in [5.41, 5.74) is 2.22. The van der Waals surface area contributed by atoms with Gasteiger partial charge in [0, 0.05) is 39.6 Å². The Kier molecular flexibility index (Phi) is 6.11. The van der Waals surface area contributed by atoms with Gasteiger partial charge in [0.2, 0.25) is 0 Å². The number of ether oxygens (including phenoxy) is 2. The van der Waals surface area contributed by atoms with Gasteiger partial charge in [-0.25, -0.2) is 4.98 Å². The van der Waals surface area contributed by atoms with E-state index in [0.29, 0.717) is 48.6 Å². The van der Waals surface area contributed by atoms with E-state index in [1.165, 1.54) is 4.40 Å². The third kappa shape index (κ3) is 3.79. The van der Waals surface area contributed by atoms with Gasteiger partial charge in [-0.15, -0.1) is 0 Å².